The molecule has 0 atom stereocenters. The van der Waals surface area contributed by atoms with E-state index >= 15 is 0 Å². The summed E-state index contributed by atoms with van der Waals surface area (Å²) in [5, 5.41) is 17.2. The molecule has 0 saturated carbocycles. The van der Waals surface area contributed by atoms with Crippen LogP contribution in [0.3, 0.4) is 0 Å². The average molecular weight is 659 g/mol. The molecule has 0 aliphatic heterocycles. The second-order valence-corrected chi connectivity index (χ2v) is 13.9. The monoisotopic (exact) mass is 658 g/mol. The fourth-order valence-electron chi connectivity index (χ4n) is 9.52. The maximum atomic E-state index is 9.70. The molecule has 0 amide bonds. The smallest absolute Gasteiger partial charge is 0.0991 e. The predicted octanol–water partition coefficient (Wildman–Crippen LogP) is 12.8. The van der Waals surface area contributed by atoms with Gasteiger partial charge in [-0.25, -0.2) is 0 Å². The first-order chi connectivity index (χ1) is 25.8. The van der Waals surface area contributed by atoms with Crippen molar-refractivity contribution < 1.29 is 0 Å². The quantitative estimate of drug-likeness (QED) is 0.177. The Hall–Kier alpha value is -6.95. The Balaban J connectivity index is 1.38. The summed E-state index contributed by atoms with van der Waals surface area (Å²) in [6, 6.07) is 68.4. The molecule has 0 aromatic heterocycles. The third-order valence-corrected chi connectivity index (χ3v) is 11.4. The second-order valence-electron chi connectivity index (χ2n) is 13.9. The summed E-state index contributed by atoms with van der Waals surface area (Å²) in [6.07, 6.45) is 0. The summed E-state index contributed by atoms with van der Waals surface area (Å²) in [5.74, 6) is 0. The summed E-state index contributed by atoms with van der Waals surface area (Å²) in [5.41, 5.74) is 13.7. The number of para-hydroxylation sites is 1. The highest BCUT2D eigenvalue weighted by molar-refractivity contribution is 6.24. The lowest BCUT2D eigenvalue weighted by atomic mass is 9.69. The number of nitrogens with zero attached hydrogens (tertiary/aromatic N) is 2. The van der Waals surface area contributed by atoms with Gasteiger partial charge in [-0.3, -0.25) is 0 Å². The largest absolute Gasteiger partial charge is 0.310 e. The number of nitriles is 1. The van der Waals surface area contributed by atoms with E-state index < -0.39 is 5.41 Å². The Labute approximate surface area is 302 Å². The first-order valence-electron chi connectivity index (χ1n) is 17.8. The van der Waals surface area contributed by atoms with Gasteiger partial charge in [-0.2, -0.15) is 5.26 Å². The molecule has 0 bridgehead atoms. The molecule has 2 nitrogen and oxygen atoms in total. The summed E-state index contributed by atoms with van der Waals surface area (Å²) < 4.78 is 0. The van der Waals surface area contributed by atoms with Gasteiger partial charge in [0.2, 0.25) is 0 Å². The first-order valence-corrected chi connectivity index (χ1v) is 17.8. The molecular formula is C50H30N2. The van der Waals surface area contributed by atoms with Crippen molar-refractivity contribution in [1.82, 2.24) is 0 Å². The molecule has 0 heterocycles. The number of hydrogen-bond acceptors (Lipinski definition) is 2. The van der Waals surface area contributed by atoms with E-state index in [0.29, 0.717) is 5.56 Å². The zero-order chi connectivity index (χ0) is 34.4. The minimum atomic E-state index is -0.562. The third kappa shape index (κ3) is 3.67. The minimum Gasteiger partial charge on any atom is -0.310 e. The molecule has 1 spiro atoms. The summed E-state index contributed by atoms with van der Waals surface area (Å²) in [6.45, 7) is 0. The number of fused-ring (bicyclic) bond motifs is 17. The molecule has 0 fully saturated rings. The highest BCUT2D eigenvalue weighted by Gasteiger charge is 2.53. The van der Waals surface area contributed by atoms with Crippen molar-refractivity contribution in [3.05, 3.63) is 210 Å². The van der Waals surface area contributed by atoms with Gasteiger partial charge in [-0.15, -0.1) is 0 Å². The van der Waals surface area contributed by atoms with E-state index in [1.165, 1.54) is 76.8 Å². The molecule has 0 radical (unpaired) electrons. The third-order valence-electron chi connectivity index (χ3n) is 11.4. The summed E-state index contributed by atoms with van der Waals surface area (Å²) >= 11 is 0. The van der Waals surface area contributed by atoms with Gasteiger partial charge in [-0.05, 0) is 114 Å². The van der Waals surface area contributed by atoms with Gasteiger partial charge in [0.15, 0.2) is 0 Å². The van der Waals surface area contributed by atoms with Crippen LogP contribution in [0, 0.1) is 11.3 Å². The van der Waals surface area contributed by atoms with Gasteiger partial charge >= 0.3 is 0 Å². The summed E-state index contributed by atoms with van der Waals surface area (Å²) in [7, 11) is 0. The Kier molecular flexibility index (Phi) is 5.98. The zero-order valence-corrected chi connectivity index (χ0v) is 28.2. The van der Waals surface area contributed by atoms with Gasteiger partial charge in [0.05, 0.1) is 22.7 Å². The lowest BCUT2D eigenvalue weighted by Crippen LogP contribution is -2.26. The zero-order valence-electron chi connectivity index (χ0n) is 28.2. The molecule has 2 heteroatoms. The molecular weight excluding hydrogens is 629 g/mol. The fourth-order valence-corrected chi connectivity index (χ4v) is 9.52. The van der Waals surface area contributed by atoms with Crippen LogP contribution in [0.5, 0.6) is 0 Å². The van der Waals surface area contributed by atoms with Crippen LogP contribution in [0.15, 0.2) is 182 Å². The molecule has 240 valence electrons. The van der Waals surface area contributed by atoms with Gasteiger partial charge in [0.25, 0.3) is 0 Å². The van der Waals surface area contributed by atoms with E-state index in [-0.39, 0.29) is 0 Å². The maximum absolute atomic E-state index is 9.70. The lowest BCUT2D eigenvalue weighted by Gasteiger charge is -2.33. The normalized spacial score (nSPS) is 13.1. The highest BCUT2D eigenvalue weighted by atomic mass is 15.1. The first kappa shape index (κ1) is 28.8. The van der Waals surface area contributed by atoms with Crippen LogP contribution in [-0.4, -0.2) is 0 Å². The lowest BCUT2D eigenvalue weighted by molar-refractivity contribution is 0.802. The van der Waals surface area contributed by atoms with Crippen molar-refractivity contribution in [2.24, 2.45) is 0 Å². The van der Waals surface area contributed by atoms with Crippen molar-refractivity contribution in [2.45, 2.75) is 5.41 Å². The average Bonchev–Trinajstić information content (AvgIpc) is 3.70. The molecule has 11 rings (SSSR count). The topological polar surface area (TPSA) is 27.0 Å². The molecule has 2 aliphatic carbocycles. The van der Waals surface area contributed by atoms with E-state index in [4.69, 9.17) is 0 Å². The van der Waals surface area contributed by atoms with Crippen LogP contribution in [0.1, 0.15) is 27.8 Å². The van der Waals surface area contributed by atoms with Crippen LogP contribution in [0.4, 0.5) is 17.1 Å². The van der Waals surface area contributed by atoms with Crippen LogP contribution in [0.25, 0.3) is 54.6 Å². The van der Waals surface area contributed by atoms with Gasteiger partial charge in [0.1, 0.15) is 0 Å². The second kappa shape index (κ2) is 10.8. The van der Waals surface area contributed by atoms with Gasteiger partial charge in [0, 0.05) is 16.8 Å². The van der Waals surface area contributed by atoms with Crippen LogP contribution in [0.2, 0.25) is 0 Å². The van der Waals surface area contributed by atoms with Crippen molar-refractivity contribution in [1.29, 1.82) is 5.26 Å². The number of anilines is 3. The van der Waals surface area contributed by atoms with E-state index in [0.717, 1.165) is 17.1 Å². The van der Waals surface area contributed by atoms with E-state index in [9.17, 15) is 5.26 Å². The van der Waals surface area contributed by atoms with Crippen molar-refractivity contribution >= 4 is 49.4 Å². The van der Waals surface area contributed by atoms with E-state index in [2.05, 4.69) is 181 Å². The van der Waals surface area contributed by atoms with Crippen LogP contribution in [-0.2, 0) is 5.41 Å². The van der Waals surface area contributed by atoms with Crippen molar-refractivity contribution in [3.8, 4) is 28.3 Å². The minimum absolute atomic E-state index is 0.562. The van der Waals surface area contributed by atoms with Crippen molar-refractivity contribution in [3.63, 3.8) is 0 Å². The predicted molar refractivity (Wildman–Crippen MR) is 215 cm³/mol. The highest BCUT2D eigenvalue weighted by Crippen LogP contribution is 2.67. The Bertz CT molecular complexity index is 2920. The number of benzene rings is 9. The molecule has 52 heavy (non-hydrogen) atoms. The van der Waals surface area contributed by atoms with E-state index in [1.807, 2.05) is 12.1 Å². The molecule has 2 aliphatic rings. The fraction of sp³-hybridized carbons (Fsp3) is 0.0200. The van der Waals surface area contributed by atoms with E-state index in [1.54, 1.807) is 0 Å². The molecule has 0 saturated heterocycles. The van der Waals surface area contributed by atoms with Crippen LogP contribution >= 0.6 is 0 Å². The van der Waals surface area contributed by atoms with Crippen LogP contribution < -0.4 is 4.90 Å². The molecule has 0 unspecified atom stereocenters. The summed E-state index contributed by atoms with van der Waals surface area (Å²) in [4.78, 5) is 2.36. The Morgan fingerprint density at radius 1 is 0.404 bits per heavy atom. The SMILES string of the molecule is N#Cc1ccc(N(c2ccccc2)c2cc3c(c4ccccc24)-c2c(c4ccccc4c4ccccc24)C32c3ccccc3-c3ccccc32)cc1. The molecule has 9 aromatic rings. The number of hydrogen-bond donors (Lipinski definition) is 0. The van der Waals surface area contributed by atoms with Crippen molar-refractivity contribution in [2.75, 3.05) is 4.90 Å². The Morgan fingerprint density at radius 2 is 0.885 bits per heavy atom. The Morgan fingerprint density at radius 3 is 1.52 bits per heavy atom. The number of rotatable bonds is 3. The molecule has 0 N–H and O–H groups in total. The van der Waals surface area contributed by atoms with Gasteiger partial charge < -0.3 is 4.90 Å². The molecule has 9 aromatic carbocycles. The van der Waals surface area contributed by atoms with Gasteiger partial charge in [-0.1, -0.05) is 140 Å². The standard InChI is InChI=1S/C50H30N2/c51-31-32-26-28-34(29-27-32)52(33-14-2-1-3-15-33)46-30-45-47(41-22-8-6-20-39(41)46)48-40-21-7-4-16-35(40)36-17-5-9-23-42(36)49(48)50(45)43-24-12-10-18-37(43)38-19-11-13-25-44(38)50/h1-30H. The maximum Gasteiger partial charge on any atom is 0.0991 e.